The van der Waals surface area contributed by atoms with E-state index in [1.807, 2.05) is 6.92 Å². The molecule has 1 atom stereocenters. The molecule has 0 heterocycles. The van der Waals surface area contributed by atoms with E-state index >= 15 is 0 Å². The zero-order chi connectivity index (χ0) is 10.4. The summed E-state index contributed by atoms with van der Waals surface area (Å²) in [7, 11) is 0. The van der Waals surface area contributed by atoms with Crippen LogP contribution in [0.15, 0.2) is 0 Å². The van der Waals surface area contributed by atoms with Crippen molar-refractivity contribution in [3.8, 4) is 0 Å². The molecule has 0 radical (unpaired) electrons. The molecule has 0 aromatic rings. The van der Waals surface area contributed by atoms with Gasteiger partial charge in [-0.15, -0.1) is 0 Å². The van der Waals surface area contributed by atoms with Crippen molar-refractivity contribution in [2.45, 2.75) is 50.3 Å². The Kier molecular flexibility index (Phi) is 5.53. The highest BCUT2D eigenvalue weighted by molar-refractivity contribution is 9.10. The van der Waals surface area contributed by atoms with Gasteiger partial charge in [0.25, 0.3) is 0 Å². The molecular weight excluding hydrogens is 244 g/mol. The molecule has 2 nitrogen and oxygen atoms in total. The Morgan fingerprint density at radius 2 is 2.07 bits per heavy atom. The number of hydrogen-bond donors (Lipinski definition) is 0. The zero-order valence-corrected chi connectivity index (χ0v) is 10.4. The molecule has 1 aliphatic rings. The van der Waals surface area contributed by atoms with Gasteiger partial charge in [-0.05, 0) is 19.3 Å². The first kappa shape index (κ1) is 12.0. The lowest BCUT2D eigenvalue weighted by atomic mass is 9.86. The van der Waals surface area contributed by atoms with Crippen molar-refractivity contribution >= 4 is 21.9 Å². The van der Waals surface area contributed by atoms with Crippen LogP contribution in [0.5, 0.6) is 0 Å². The maximum absolute atomic E-state index is 11.3. The Morgan fingerprint density at radius 1 is 1.43 bits per heavy atom. The molecule has 1 aliphatic carbocycles. The van der Waals surface area contributed by atoms with Gasteiger partial charge in [0.15, 0.2) is 0 Å². The van der Waals surface area contributed by atoms with Gasteiger partial charge in [-0.1, -0.05) is 48.0 Å². The second kappa shape index (κ2) is 6.44. The van der Waals surface area contributed by atoms with Crippen molar-refractivity contribution in [2.75, 3.05) is 6.61 Å². The first-order valence-corrected chi connectivity index (χ1v) is 6.46. The normalized spacial score (nSPS) is 20.4. The lowest BCUT2D eigenvalue weighted by Gasteiger charge is -2.22. The molecule has 1 saturated carbocycles. The minimum atomic E-state index is -0.0990. The SMILES string of the molecule is CCOC(=O)C(Br)CC1CCCCC1. The third-order valence-electron chi connectivity index (χ3n) is 2.81. The predicted molar refractivity (Wildman–Crippen MR) is 60.5 cm³/mol. The summed E-state index contributed by atoms with van der Waals surface area (Å²) in [5, 5.41) is 0. The topological polar surface area (TPSA) is 26.3 Å². The van der Waals surface area contributed by atoms with E-state index in [1.165, 1.54) is 32.1 Å². The maximum atomic E-state index is 11.3. The van der Waals surface area contributed by atoms with Crippen LogP contribution in [0.3, 0.4) is 0 Å². The number of rotatable bonds is 4. The van der Waals surface area contributed by atoms with E-state index < -0.39 is 0 Å². The van der Waals surface area contributed by atoms with Gasteiger partial charge in [0.1, 0.15) is 4.83 Å². The summed E-state index contributed by atoms with van der Waals surface area (Å²) in [6.07, 6.45) is 7.52. The fourth-order valence-electron chi connectivity index (χ4n) is 2.04. The molecule has 0 bridgehead atoms. The first-order valence-electron chi connectivity index (χ1n) is 5.54. The van der Waals surface area contributed by atoms with E-state index in [0.29, 0.717) is 6.61 Å². The molecule has 82 valence electrons. The fourth-order valence-corrected chi connectivity index (χ4v) is 2.71. The van der Waals surface area contributed by atoms with Crippen LogP contribution in [0.2, 0.25) is 0 Å². The summed E-state index contributed by atoms with van der Waals surface area (Å²) >= 11 is 3.41. The van der Waals surface area contributed by atoms with Gasteiger partial charge in [0.05, 0.1) is 6.61 Å². The van der Waals surface area contributed by atoms with Crippen LogP contribution in [-0.2, 0) is 9.53 Å². The molecule has 14 heavy (non-hydrogen) atoms. The number of carbonyl (C=O) groups is 1. The molecule has 0 amide bonds. The van der Waals surface area contributed by atoms with E-state index in [4.69, 9.17) is 4.74 Å². The summed E-state index contributed by atoms with van der Waals surface area (Å²) in [4.78, 5) is 11.3. The Hall–Kier alpha value is -0.0500. The van der Waals surface area contributed by atoms with Crippen molar-refractivity contribution < 1.29 is 9.53 Å². The van der Waals surface area contributed by atoms with Crippen molar-refractivity contribution in [3.63, 3.8) is 0 Å². The van der Waals surface area contributed by atoms with E-state index in [9.17, 15) is 4.79 Å². The number of esters is 1. The Labute approximate surface area is 94.5 Å². The van der Waals surface area contributed by atoms with Crippen LogP contribution in [0.25, 0.3) is 0 Å². The molecule has 0 saturated heterocycles. The van der Waals surface area contributed by atoms with E-state index in [1.54, 1.807) is 0 Å². The standard InChI is InChI=1S/C11H19BrO2/c1-2-14-11(13)10(12)8-9-6-4-3-5-7-9/h9-10H,2-8H2,1H3. The van der Waals surface area contributed by atoms with Gasteiger partial charge in [0, 0.05) is 0 Å². The maximum Gasteiger partial charge on any atom is 0.319 e. The predicted octanol–water partition coefficient (Wildman–Crippen LogP) is 3.28. The second-order valence-corrected chi connectivity index (χ2v) is 5.06. The summed E-state index contributed by atoms with van der Waals surface area (Å²) in [5.74, 6) is 0.621. The van der Waals surface area contributed by atoms with Gasteiger partial charge in [-0.2, -0.15) is 0 Å². The van der Waals surface area contributed by atoms with Crippen LogP contribution < -0.4 is 0 Å². The Balaban J connectivity index is 2.24. The van der Waals surface area contributed by atoms with E-state index in [-0.39, 0.29) is 10.8 Å². The quantitative estimate of drug-likeness (QED) is 0.574. The monoisotopic (exact) mass is 262 g/mol. The molecule has 0 spiro atoms. The summed E-state index contributed by atoms with van der Waals surface area (Å²) < 4.78 is 4.96. The lowest BCUT2D eigenvalue weighted by molar-refractivity contribution is -0.142. The first-order chi connectivity index (χ1) is 6.74. The van der Waals surface area contributed by atoms with Crippen molar-refractivity contribution in [1.29, 1.82) is 0 Å². The van der Waals surface area contributed by atoms with Gasteiger partial charge in [-0.25, -0.2) is 0 Å². The van der Waals surface area contributed by atoms with Crippen LogP contribution in [0, 0.1) is 5.92 Å². The fraction of sp³-hybridized carbons (Fsp3) is 0.909. The molecule has 1 fully saturated rings. The van der Waals surface area contributed by atoms with Crippen LogP contribution >= 0.6 is 15.9 Å². The minimum Gasteiger partial charge on any atom is -0.465 e. The number of hydrogen-bond acceptors (Lipinski definition) is 2. The molecule has 0 aliphatic heterocycles. The highest BCUT2D eigenvalue weighted by atomic mass is 79.9. The van der Waals surface area contributed by atoms with Crippen LogP contribution in [-0.4, -0.2) is 17.4 Å². The van der Waals surface area contributed by atoms with Gasteiger partial charge < -0.3 is 4.74 Å². The number of halogens is 1. The summed E-state index contributed by atoms with van der Waals surface area (Å²) in [6, 6.07) is 0. The molecule has 0 N–H and O–H groups in total. The summed E-state index contributed by atoms with van der Waals surface area (Å²) in [5.41, 5.74) is 0. The van der Waals surface area contributed by atoms with E-state index in [2.05, 4.69) is 15.9 Å². The highest BCUT2D eigenvalue weighted by Crippen LogP contribution is 2.29. The largest absolute Gasteiger partial charge is 0.465 e. The molecular formula is C11H19BrO2. The van der Waals surface area contributed by atoms with Crippen molar-refractivity contribution in [2.24, 2.45) is 5.92 Å². The number of ether oxygens (including phenoxy) is 1. The van der Waals surface area contributed by atoms with E-state index in [0.717, 1.165) is 12.3 Å². The third-order valence-corrected chi connectivity index (χ3v) is 3.56. The Morgan fingerprint density at radius 3 is 2.64 bits per heavy atom. The molecule has 1 rings (SSSR count). The lowest BCUT2D eigenvalue weighted by Crippen LogP contribution is -2.21. The number of alkyl halides is 1. The van der Waals surface area contributed by atoms with Gasteiger partial charge in [-0.3, -0.25) is 4.79 Å². The van der Waals surface area contributed by atoms with Crippen molar-refractivity contribution in [3.05, 3.63) is 0 Å². The van der Waals surface area contributed by atoms with Crippen molar-refractivity contribution in [1.82, 2.24) is 0 Å². The van der Waals surface area contributed by atoms with Crippen LogP contribution in [0.1, 0.15) is 45.4 Å². The minimum absolute atomic E-state index is 0.0921. The summed E-state index contributed by atoms with van der Waals surface area (Å²) in [6.45, 7) is 2.32. The highest BCUT2D eigenvalue weighted by Gasteiger charge is 2.22. The molecule has 3 heteroatoms. The second-order valence-electron chi connectivity index (χ2n) is 3.96. The average molecular weight is 263 g/mol. The molecule has 0 aromatic carbocycles. The third kappa shape index (κ3) is 3.99. The average Bonchev–Trinajstić information content (AvgIpc) is 2.19. The van der Waals surface area contributed by atoms with Gasteiger partial charge in [0.2, 0.25) is 0 Å². The van der Waals surface area contributed by atoms with Crippen LogP contribution in [0.4, 0.5) is 0 Å². The Bertz CT molecular complexity index is 176. The van der Waals surface area contributed by atoms with Gasteiger partial charge >= 0.3 is 5.97 Å². The smallest absolute Gasteiger partial charge is 0.319 e. The number of carbonyl (C=O) groups excluding carboxylic acids is 1. The zero-order valence-electron chi connectivity index (χ0n) is 8.80. The molecule has 1 unspecified atom stereocenters. The molecule has 0 aromatic heterocycles.